The molecule has 6 fully saturated rings. The fourth-order valence-corrected chi connectivity index (χ4v) is 13.0. The van der Waals surface area contributed by atoms with Crippen molar-refractivity contribution in [2.75, 3.05) is 6.61 Å². The van der Waals surface area contributed by atoms with Crippen molar-refractivity contribution in [2.24, 2.45) is 44.8 Å². The van der Waals surface area contributed by atoms with Crippen LogP contribution in [0.3, 0.4) is 0 Å². The van der Waals surface area contributed by atoms with Gasteiger partial charge in [0, 0.05) is 18.3 Å². The molecule has 4 saturated carbocycles. The lowest BCUT2D eigenvalue weighted by molar-refractivity contribution is -0.341. The lowest BCUT2D eigenvalue weighted by Crippen LogP contribution is -2.61. The van der Waals surface area contributed by atoms with Crippen LogP contribution in [0.1, 0.15) is 100 Å². The first-order chi connectivity index (χ1) is 22.1. The number of aliphatic hydroxyl groups is 6. The fraction of sp³-hybridized carbons (Fsp3) is 0.919. The summed E-state index contributed by atoms with van der Waals surface area (Å²) >= 11 is 0. The molecule has 0 aromatic rings. The molecule has 2 aliphatic heterocycles. The highest BCUT2D eigenvalue weighted by atomic mass is 16.7. The van der Waals surface area contributed by atoms with Gasteiger partial charge in [0.05, 0.1) is 18.3 Å². The molecule has 7 aliphatic rings. The minimum absolute atomic E-state index is 0.0129. The molecule has 0 amide bonds. The zero-order valence-corrected chi connectivity index (χ0v) is 29.8. The van der Waals surface area contributed by atoms with Crippen LogP contribution < -0.4 is 0 Å². The Labute approximate surface area is 284 Å². The van der Waals surface area contributed by atoms with Gasteiger partial charge in [-0.05, 0) is 92.3 Å². The lowest BCUT2D eigenvalue weighted by Gasteiger charge is -2.60. The monoisotopic (exact) mass is 678 g/mol. The van der Waals surface area contributed by atoms with E-state index in [1.165, 1.54) is 12.5 Å². The highest BCUT2D eigenvalue weighted by Gasteiger charge is 2.85. The molecule has 6 N–H and O–H groups in total. The smallest absolute Gasteiger partial charge is 0.303 e. The van der Waals surface area contributed by atoms with Gasteiger partial charge in [-0.1, -0.05) is 46.3 Å². The van der Waals surface area contributed by atoms with Crippen LogP contribution in [-0.4, -0.2) is 104 Å². The summed E-state index contributed by atoms with van der Waals surface area (Å²) in [5.74, 6) is -2.63. The minimum atomic E-state index is -1.90. The van der Waals surface area contributed by atoms with Gasteiger partial charge in [-0.25, -0.2) is 0 Å². The number of carbonyl (C=O) groups is 1. The van der Waals surface area contributed by atoms with Crippen molar-refractivity contribution in [1.29, 1.82) is 0 Å². The number of allylic oxidation sites excluding steroid dienone is 1. The van der Waals surface area contributed by atoms with E-state index in [1.807, 2.05) is 0 Å². The summed E-state index contributed by atoms with van der Waals surface area (Å²) in [7, 11) is 0. The van der Waals surface area contributed by atoms with Crippen molar-refractivity contribution in [3.63, 3.8) is 0 Å². The molecule has 2 spiro atoms. The quantitative estimate of drug-likeness (QED) is 0.186. The average molecular weight is 679 g/mol. The van der Waals surface area contributed by atoms with Crippen molar-refractivity contribution in [2.45, 2.75) is 161 Å². The Morgan fingerprint density at radius 3 is 2.40 bits per heavy atom. The average Bonchev–Trinajstić information content (AvgIpc) is 3.62. The highest BCUT2D eigenvalue weighted by molar-refractivity contribution is 5.66. The van der Waals surface area contributed by atoms with Gasteiger partial charge in [0.15, 0.2) is 18.2 Å². The first kappa shape index (κ1) is 35.3. The molecule has 0 bridgehead atoms. The van der Waals surface area contributed by atoms with Crippen LogP contribution in [0.25, 0.3) is 0 Å². The molecule has 16 atom stereocenters. The van der Waals surface area contributed by atoms with Gasteiger partial charge in [0.25, 0.3) is 0 Å². The van der Waals surface area contributed by atoms with E-state index in [0.29, 0.717) is 6.42 Å². The first-order valence-corrected chi connectivity index (χ1v) is 18.1. The Morgan fingerprint density at radius 2 is 1.75 bits per heavy atom. The van der Waals surface area contributed by atoms with Crippen LogP contribution >= 0.6 is 0 Å². The van der Waals surface area contributed by atoms with E-state index in [-0.39, 0.29) is 46.7 Å². The number of hydrogen-bond acceptors (Lipinski definition) is 11. The number of fused-ring (bicyclic) bond motifs is 4. The molecule has 5 unspecified atom stereocenters. The zero-order valence-electron chi connectivity index (χ0n) is 29.8. The molecular formula is C37H58O11. The summed E-state index contributed by atoms with van der Waals surface area (Å²) in [6.45, 7) is 15.2. The molecule has 7 rings (SSSR count). The number of aliphatic hydroxyl groups excluding tert-OH is 4. The molecule has 0 aromatic carbocycles. The summed E-state index contributed by atoms with van der Waals surface area (Å²) in [4.78, 5) is 12.1. The molecule has 48 heavy (non-hydrogen) atoms. The van der Waals surface area contributed by atoms with Crippen LogP contribution in [0.5, 0.6) is 0 Å². The molecule has 2 saturated heterocycles. The van der Waals surface area contributed by atoms with Crippen molar-refractivity contribution in [1.82, 2.24) is 0 Å². The second-order valence-electron chi connectivity index (χ2n) is 18.4. The standard InChI is InChI=1S/C37H58O11/c1-18-15-21(28(32(5,6)43)46-19(2)38)48-37(44)27(18)33(7)13-14-36-17-35(36)12-11-24(47-29-26(41)25(40)20(39)16-45-29)31(3,4)22(35)9-10-23(36)34(33,8)30(37)42/h10,18,20-22,24-30,39-44H,9,11-17H2,1-8H3/t18-,20?,21?,22+,24+,25?,26?,27-,28+,29?,30-,33-,34-,35-,36+,37-/m1/s1. The molecule has 11 heteroatoms. The molecule has 5 aliphatic carbocycles. The molecule has 272 valence electrons. The minimum Gasteiger partial charge on any atom is -0.457 e. The zero-order chi connectivity index (χ0) is 35.2. The SMILES string of the molecule is CC(=O)O[C@@H](C1C[C@@H](C)[C@H]2[C@@](O)(O1)[C@H](O)[C@@]1(C)C3=CC[C@H]4C(C)(C)[C@@H](OC5OCC(O)C(O)C5O)CC[C@@]45C[C@@]35CC[C@]21C)C(C)(C)O. The van der Waals surface area contributed by atoms with Crippen molar-refractivity contribution >= 4 is 5.97 Å². The third kappa shape index (κ3) is 4.35. The summed E-state index contributed by atoms with van der Waals surface area (Å²) in [6.07, 6.45) is -0.0661. The second-order valence-corrected chi connectivity index (χ2v) is 18.4. The molecule has 0 radical (unpaired) electrons. The Hall–Kier alpha value is -1.15. The van der Waals surface area contributed by atoms with E-state index in [4.69, 9.17) is 18.9 Å². The van der Waals surface area contributed by atoms with Crippen LogP contribution in [0.15, 0.2) is 11.6 Å². The molecule has 2 heterocycles. The second kappa shape index (κ2) is 10.7. The molecule has 11 nitrogen and oxygen atoms in total. The van der Waals surface area contributed by atoms with Gasteiger partial charge in [0.1, 0.15) is 30.5 Å². The highest BCUT2D eigenvalue weighted by Crippen LogP contribution is 2.88. The van der Waals surface area contributed by atoms with Gasteiger partial charge in [0.2, 0.25) is 0 Å². The maximum atomic E-state index is 12.6. The van der Waals surface area contributed by atoms with Gasteiger partial charge in [-0.2, -0.15) is 0 Å². The molecule has 0 aromatic heterocycles. The van der Waals surface area contributed by atoms with E-state index >= 15 is 0 Å². The normalized spacial score (nSPS) is 54.4. The Morgan fingerprint density at radius 1 is 1.06 bits per heavy atom. The van der Waals surface area contributed by atoms with E-state index < -0.39 is 71.1 Å². The number of rotatable bonds is 5. The van der Waals surface area contributed by atoms with E-state index in [0.717, 1.165) is 38.5 Å². The van der Waals surface area contributed by atoms with E-state index in [2.05, 4.69) is 40.7 Å². The largest absolute Gasteiger partial charge is 0.457 e. The third-order valence-electron chi connectivity index (χ3n) is 15.2. The predicted octanol–water partition coefficient (Wildman–Crippen LogP) is 2.57. The summed E-state index contributed by atoms with van der Waals surface area (Å²) in [5.41, 5.74) is -1.83. The summed E-state index contributed by atoms with van der Waals surface area (Å²) < 4.78 is 24.2. The Bertz CT molecular complexity index is 1360. The van der Waals surface area contributed by atoms with Gasteiger partial charge in [-0.15, -0.1) is 0 Å². The van der Waals surface area contributed by atoms with Crippen LogP contribution in [0.2, 0.25) is 0 Å². The van der Waals surface area contributed by atoms with Crippen LogP contribution in [0.4, 0.5) is 0 Å². The Balaban J connectivity index is 1.20. The maximum Gasteiger partial charge on any atom is 0.303 e. The molecular weight excluding hydrogens is 620 g/mol. The maximum absolute atomic E-state index is 12.6. The first-order valence-electron chi connectivity index (χ1n) is 18.1. The summed E-state index contributed by atoms with van der Waals surface area (Å²) in [5, 5.41) is 66.9. The number of carbonyl (C=O) groups excluding carboxylic acids is 1. The number of esters is 1. The van der Waals surface area contributed by atoms with Gasteiger partial charge >= 0.3 is 5.97 Å². The van der Waals surface area contributed by atoms with Crippen molar-refractivity contribution < 1.29 is 54.4 Å². The topological polar surface area (TPSA) is 175 Å². The van der Waals surface area contributed by atoms with Crippen molar-refractivity contribution in [3.05, 3.63) is 11.6 Å². The van der Waals surface area contributed by atoms with Crippen LogP contribution in [-0.2, 0) is 23.7 Å². The van der Waals surface area contributed by atoms with Crippen LogP contribution in [0, 0.1) is 44.8 Å². The number of hydrogen-bond donors (Lipinski definition) is 6. The van der Waals surface area contributed by atoms with E-state index in [9.17, 15) is 35.4 Å². The predicted molar refractivity (Wildman–Crippen MR) is 172 cm³/mol. The van der Waals surface area contributed by atoms with E-state index in [1.54, 1.807) is 13.8 Å². The number of ether oxygens (including phenoxy) is 4. The van der Waals surface area contributed by atoms with Gasteiger partial charge in [-0.3, -0.25) is 4.79 Å². The fourth-order valence-electron chi connectivity index (χ4n) is 13.0. The third-order valence-corrected chi connectivity index (χ3v) is 15.2. The summed E-state index contributed by atoms with van der Waals surface area (Å²) in [6, 6.07) is 0. The van der Waals surface area contributed by atoms with Gasteiger partial charge < -0.3 is 49.6 Å². The Kier molecular flexibility index (Phi) is 7.86. The van der Waals surface area contributed by atoms with Crippen molar-refractivity contribution in [3.8, 4) is 0 Å². The lowest BCUT2D eigenvalue weighted by atomic mass is 9.44.